The van der Waals surface area contributed by atoms with Crippen LogP contribution in [0.5, 0.6) is 5.75 Å². The average Bonchev–Trinajstić information content (AvgIpc) is 2.42. The van der Waals surface area contributed by atoms with Crippen molar-refractivity contribution >= 4 is 23.2 Å². The van der Waals surface area contributed by atoms with Crippen LogP contribution in [0, 0.1) is 0 Å². The number of halogens is 2. The Kier molecular flexibility index (Phi) is 4.64. The van der Waals surface area contributed by atoms with Crippen LogP contribution in [0.25, 0.3) is 0 Å². The number of ether oxygens (including phenoxy) is 1. The molecule has 0 fully saturated rings. The molecule has 0 spiro atoms. The van der Waals surface area contributed by atoms with Gasteiger partial charge in [-0.05, 0) is 35.7 Å². The normalized spacial score (nSPS) is 12.2. The van der Waals surface area contributed by atoms with Crippen LogP contribution in [-0.2, 0) is 6.42 Å². The minimum atomic E-state index is -0.193. The minimum absolute atomic E-state index is 0.193. The van der Waals surface area contributed by atoms with Gasteiger partial charge in [-0.3, -0.25) is 4.98 Å². The van der Waals surface area contributed by atoms with Crippen LogP contribution < -0.4 is 10.5 Å². The van der Waals surface area contributed by atoms with Crippen LogP contribution in [0.15, 0.2) is 36.7 Å². The van der Waals surface area contributed by atoms with E-state index in [2.05, 4.69) is 4.98 Å². The topological polar surface area (TPSA) is 48.1 Å². The maximum Gasteiger partial charge on any atom is 0.137 e. The molecule has 2 N–H and O–H groups in total. The molecule has 0 aliphatic heterocycles. The fraction of sp³-hybridized carbons (Fsp3) is 0.214. The number of benzene rings is 1. The van der Waals surface area contributed by atoms with Gasteiger partial charge in [0.2, 0.25) is 0 Å². The second-order valence-electron chi connectivity index (χ2n) is 4.20. The molecule has 0 saturated heterocycles. The lowest BCUT2D eigenvalue weighted by atomic mass is 10.0. The first-order chi connectivity index (χ1) is 9.10. The van der Waals surface area contributed by atoms with Crippen LogP contribution in [0.4, 0.5) is 0 Å². The van der Waals surface area contributed by atoms with E-state index in [-0.39, 0.29) is 6.04 Å². The summed E-state index contributed by atoms with van der Waals surface area (Å²) in [5.74, 6) is 0.690. The zero-order valence-electron chi connectivity index (χ0n) is 10.4. The van der Waals surface area contributed by atoms with Gasteiger partial charge in [0.05, 0.1) is 13.3 Å². The quantitative estimate of drug-likeness (QED) is 0.937. The van der Waals surface area contributed by atoms with E-state index in [1.807, 2.05) is 12.1 Å². The molecule has 1 aromatic carbocycles. The highest BCUT2D eigenvalue weighted by molar-refractivity contribution is 6.35. The summed E-state index contributed by atoms with van der Waals surface area (Å²) in [6.07, 6.45) is 3.99. The SMILES string of the molecule is COc1cncc(C(N)Cc2ccc(Cl)cc2Cl)c1. The van der Waals surface area contributed by atoms with Gasteiger partial charge in [-0.2, -0.15) is 0 Å². The van der Waals surface area contributed by atoms with E-state index in [4.69, 9.17) is 33.7 Å². The number of hydrogen-bond donors (Lipinski definition) is 1. The summed E-state index contributed by atoms with van der Waals surface area (Å²) < 4.78 is 5.13. The van der Waals surface area contributed by atoms with Gasteiger partial charge < -0.3 is 10.5 Å². The lowest BCUT2D eigenvalue weighted by Crippen LogP contribution is -2.14. The van der Waals surface area contributed by atoms with Gasteiger partial charge in [0.15, 0.2) is 0 Å². The van der Waals surface area contributed by atoms with Crippen molar-refractivity contribution in [3.8, 4) is 5.75 Å². The van der Waals surface area contributed by atoms with E-state index < -0.39 is 0 Å². The molecule has 0 saturated carbocycles. The van der Waals surface area contributed by atoms with E-state index in [0.29, 0.717) is 22.2 Å². The van der Waals surface area contributed by atoms with E-state index in [1.165, 1.54) is 0 Å². The second-order valence-corrected chi connectivity index (χ2v) is 5.05. The fourth-order valence-electron chi connectivity index (χ4n) is 1.79. The van der Waals surface area contributed by atoms with Gasteiger partial charge in [0, 0.05) is 22.3 Å². The molecule has 0 radical (unpaired) electrons. The van der Waals surface area contributed by atoms with Crippen molar-refractivity contribution in [2.24, 2.45) is 5.73 Å². The van der Waals surface area contributed by atoms with E-state index in [1.54, 1.807) is 31.6 Å². The molecular weight excluding hydrogens is 283 g/mol. The van der Waals surface area contributed by atoms with Crippen LogP contribution in [-0.4, -0.2) is 12.1 Å². The monoisotopic (exact) mass is 296 g/mol. The number of nitrogens with zero attached hydrogens (tertiary/aromatic N) is 1. The largest absolute Gasteiger partial charge is 0.495 e. The summed E-state index contributed by atoms with van der Waals surface area (Å²) in [6, 6.07) is 7.09. The molecule has 19 heavy (non-hydrogen) atoms. The van der Waals surface area contributed by atoms with Gasteiger partial charge in [-0.1, -0.05) is 29.3 Å². The number of methoxy groups -OCH3 is 1. The lowest BCUT2D eigenvalue weighted by Gasteiger charge is -2.13. The molecule has 1 unspecified atom stereocenters. The number of aromatic nitrogens is 1. The van der Waals surface area contributed by atoms with E-state index >= 15 is 0 Å². The first kappa shape index (κ1) is 14.1. The van der Waals surface area contributed by atoms with Gasteiger partial charge in [-0.25, -0.2) is 0 Å². The highest BCUT2D eigenvalue weighted by atomic mass is 35.5. The number of pyridine rings is 1. The first-order valence-electron chi connectivity index (χ1n) is 5.78. The molecule has 100 valence electrons. The summed E-state index contributed by atoms with van der Waals surface area (Å²) in [5.41, 5.74) is 8.04. The van der Waals surface area contributed by atoms with Crippen LogP contribution in [0.1, 0.15) is 17.2 Å². The number of rotatable bonds is 4. The van der Waals surface area contributed by atoms with Crippen molar-refractivity contribution in [1.29, 1.82) is 0 Å². The Bertz CT molecular complexity index is 575. The fourth-order valence-corrected chi connectivity index (χ4v) is 2.28. The predicted molar refractivity (Wildman–Crippen MR) is 77.9 cm³/mol. The first-order valence-corrected chi connectivity index (χ1v) is 6.54. The summed E-state index contributed by atoms with van der Waals surface area (Å²) in [5, 5.41) is 1.24. The highest BCUT2D eigenvalue weighted by Gasteiger charge is 2.11. The van der Waals surface area contributed by atoms with Crippen molar-refractivity contribution in [1.82, 2.24) is 4.98 Å². The van der Waals surface area contributed by atoms with Crippen LogP contribution in [0.2, 0.25) is 10.0 Å². The molecular formula is C14H14Cl2N2O. The molecule has 0 amide bonds. The molecule has 1 atom stereocenters. The van der Waals surface area contributed by atoms with Gasteiger partial charge in [0.25, 0.3) is 0 Å². The smallest absolute Gasteiger partial charge is 0.137 e. The molecule has 3 nitrogen and oxygen atoms in total. The Morgan fingerprint density at radius 2 is 2.05 bits per heavy atom. The summed E-state index contributed by atoms with van der Waals surface area (Å²) >= 11 is 12.0. The molecule has 1 aromatic heterocycles. The van der Waals surface area contributed by atoms with Crippen LogP contribution in [0.3, 0.4) is 0 Å². The minimum Gasteiger partial charge on any atom is -0.495 e. The Balaban J connectivity index is 2.17. The molecule has 0 aliphatic carbocycles. The molecule has 0 aliphatic rings. The van der Waals surface area contributed by atoms with Gasteiger partial charge in [0.1, 0.15) is 5.75 Å². The Morgan fingerprint density at radius 3 is 2.74 bits per heavy atom. The Labute approximate surface area is 122 Å². The summed E-state index contributed by atoms with van der Waals surface area (Å²) in [7, 11) is 1.60. The van der Waals surface area contributed by atoms with Crippen molar-refractivity contribution in [3.63, 3.8) is 0 Å². The number of hydrogen-bond acceptors (Lipinski definition) is 3. The standard InChI is InChI=1S/C14H14Cl2N2O/c1-19-12-4-10(7-18-8-12)14(17)5-9-2-3-11(15)6-13(9)16/h2-4,6-8,14H,5,17H2,1H3. The zero-order valence-corrected chi connectivity index (χ0v) is 11.9. The zero-order chi connectivity index (χ0) is 13.8. The Hall–Kier alpha value is -1.29. The van der Waals surface area contributed by atoms with Crippen molar-refractivity contribution in [3.05, 3.63) is 57.8 Å². The molecule has 2 rings (SSSR count). The van der Waals surface area contributed by atoms with Crippen molar-refractivity contribution in [2.45, 2.75) is 12.5 Å². The van der Waals surface area contributed by atoms with Crippen LogP contribution >= 0.6 is 23.2 Å². The Morgan fingerprint density at radius 1 is 1.26 bits per heavy atom. The van der Waals surface area contributed by atoms with Gasteiger partial charge >= 0.3 is 0 Å². The predicted octanol–water partition coefficient (Wildman–Crippen LogP) is 3.64. The lowest BCUT2D eigenvalue weighted by molar-refractivity contribution is 0.411. The third kappa shape index (κ3) is 3.60. The molecule has 2 aromatic rings. The maximum absolute atomic E-state index is 6.17. The van der Waals surface area contributed by atoms with Crippen molar-refractivity contribution in [2.75, 3.05) is 7.11 Å². The van der Waals surface area contributed by atoms with Gasteiger partial charge in [-0.15, -0.1) is 0 Å². The third-order valence-electron chi connectivity index (χ3n) is 2.85. The molecule has 0 bridgehead atoms. The third-order valence-corrected chi connectivity index (χ3v) is 3.44. The highest BCUT2D eigenvalue weighted by Crippen LogP contribution is 2.26. The van der Waals surface area contributed by atoms with E-state index in [9.17, 15) is 0 Å². The molecule has 5 heteroatoms. The second kappa shape index (κ2) is 6.24. The summed E-state index contributed by atoms with van der Waals surface area (Å²) in [4.78, 5) is 4.10. The average molecular weight is 297 g/mol. The maximum atomic E-state index is 6.17. The summed E-state index contributed by atoms with van der Waals surface area (Å²) in [6.45, 7) is 0. The van der Waals surface area contributed by atoms with Crippen molar-refractivity contribution < 1.29 is 4.74 Å². The number of nitrogens with two attached hydrogens (primary N) is 1. The van der Waals surface area contributed by atoms with E-state index in [0.717, 1.165) is 11.1 Å². The molecule has 1 heterocycles.